The van der Waals surface area contributed by atoms with Crippen LogP contribution in [0.1, 0.15) is 0 Å². The molecule has 0 saturated heterocycles. The molecule has 0 aliphatic carbocycles. The number of benzene rings is 1. The van der Waals surface area contributed by atoms with Crippen molar-refractivity contribution in [1.82, 2.24) is 4.98 Å². The van der Waals surface area contributed by atoms with Gasteiger partial charge in [0, 0.05) is 11.8 Å². The maximum Gasteiger partial charge on any atom is 0.165 e. The second-order valence-corrected chi connectivity index (χ2v) is 4.47. The lowest BCUT2D eigenvalue weighted by Gasteiger charge is -2.10. The molecule has 0 fully saturated rings. The second kappa shape index (κ2) is 5.50. The van der Waals surface area contributed by atoms with E-state index in [4.69, 9.17) is 33.7 Å². The Hall–Kier alpha value is -1.72. The number of nitrogens with zero attached hydrogens (tertiary/aromatic N) is 1. The van der Waals surface area contributed by atoms with E-state index in [2.05, 4.69) is 10.3 Å². The molecule has 2 rings (SSSR count). The summed E-state index contributed by atoms with van der Waals surface area (Å²) in [5.74, 6) is 0.144. The van der Waals surface area contributed by atoms with Crippen molar-refractivity contribution in [1.29, 1.82) is 0 Å². The van der Waals surface area contributed by atoms with Gasteiger partial charge in [0.2, 0.25) is 0 Å². The van der Waals surface area contributed by atoms with Crippen molar-refractivity contribution in [2.45, 2.75) is 0 Å². The first-order valence-electron chi connectivity index (χ1n) is 5.23. The minimum atomic E-state index is -0.456. The van der Waals surface area contributed by atoms with Gasteiger partial charge in [0.15, 0.2) is 17.4 Å². The van der Waals surface area contributed by atoms with Crippen LogP contribution in [0.4, 0.5) is 21.7 Å². The molecule has 1 heterocycles. The van der Waals surface area contributed by atoms with Crippen molar-refractivity contribution in [3.8, 4) is 5.75 Å². The van der Waals surface area contributed by atoms with E-state index >= 15 is 0 Å². The van der Waals surface area contributed by atoms with Gasteiger partial charge in [0.25, 0.3) is 0 Å². The highest BCUT2D eigenvalue weighted by atomic mass is 35.5. The number of halogens is 3. The summed E-state index contributed by atoms with van der Waals surface area (Å²) in [5, 5.41) is 3.49. The molecular weight excluding hydrogens is 292 g/mol. The Morgan fingerprint density at radius 2 is 2.00 bits per heavy atom. The van der Waals surface area contributed by atoms with Crippen LogP contribution in [0.3, 0.4) is 0 Å². The second-order valence-electron chi connectivity index (χ2n) is 3.66. The van der Waals surface area contributed by atoms with Gasteiger partial charge in [0.1, 0.15) is 5.82 Å². The van der Waals surface area contributed by atoms with Crippen LogP contribution in [0.5, 0.6) is 5.75 Å². The molecule has 100 valence electrons. The largest absolute Gasteiger partial charge is 0.494 e. The predicted octanol–water partition coefficient (Wildman–Crippen LogP) is 3.86. The molecule has 7 heteroatoms. The molecule has 0 unspecified atom stereocenters. The van der Waals surface area contributed by atoms with E-state index in [0.717, 1.165) is 0 Å². The number of aromatic nitrogens is 1. The Kier molecular flexibility index (Phi) is 3.97. The molecule has 19 heavy (non-hydrogen) atoms. The maximum absolute atomic E-state index is 13.3. The summed E-state index contributed by atoms with van der Waals surface area (Å²) >= 11 is 11.8. The first-order chi connectivity index (χ1) is 9.01. The highest BCUT2D eigenvalue weighted by Crippen LogP contribution is 2.30. The normalized spacial score (nSPS) is 10.3. The SMILES string of the molecule is COc1cc(Nc2nc(N)c(Cl)cc2Cl)ccc1F. The lowest BCUT2D eigenvalue weighted by molar-refractivity contribution is 0.387. The topological polar surface area (TPSA) is 60.2 Å². The minimum Gasteiger partial charge on any atom is -0.494 e. The molecule has 0 aliphatic heterocycles. The molecule has 0 atom stereocenters. The highest BCUT2D eigenvalue weighted by Gasteiger charge is 2.09. The summed E-state index contributed by atoms with van der Waals surface area (Å²) in [4.78, 5) is 4.01. The smallest absolute Gasteiger partial charge is 0.165 e. The molecule has 1 aromatic heterocycles. The number of ether oxygens (including phenoxy) is 1. The first-order valence-corrected chi connectivity index (χ1v) is 5.99. The molecule has 0 spiro atoms. The molecule has 0 aliphatic rings. The number of anilines is 3. The van der Waals surface area contributed by atoms with Crippen molar-refractivity contribution >= 4 is 40.5 Å². The maximum atomic E-state index is 13.3. The van der Waals surface area contributed by atoms with E-state index in [1.165, 1.54) is 31.4 Å². The number of nitrogens with one attached hydrogen (secondary N) is 1. The van der Waals surface area contributed by atoms with Crippen LogP contribution in [0.25, 0.3) is 0 Å². The van der Waals surface area contributed by atoms with Gasteiger partial charge in [-0.05, 0) is 18.2 Å². The van der Waals surface area contributed by atoms with Crippen LogP contribution < -0.4 is 15.8 Å². The molecule has 0 bridgehead atoms. The van der Waals surface area contributed by atoms with Crippen molar-refractivity contribution in [3.63, 3.8) is 0 Å². The quantitative estimate of drug-likeness (QED) is 0.903. The summed E-state index contributed by atoms with van der Waals surface area (Å²) in [6.07, 6.45) is 0. The van der Waals surface area contributed by atoms with Crippen molar-refractivity contribution < 1.29 is 9.13 Å². The number of nitrogen functional groups attached to an aromatic ring is 1. The Bertz CT molecular complexity index is 622. The summed E-state index contributed by atoms with van der Waals surface area (Å²) in [6.45, 7) is 0. The fourth-order valence-electron chi connectivity index (χ4n) is 1.44. The summed E-state index contributed by atoms with van der Waals surface area (Å²) in [7, 11) is 1.38. The van der Waals surface area contributed by atoms with E-state index in [9.17, 15) is 4.39 Å². The number of rotatable bonds is 3. The fourth-order valence-corrected chi connectivity index (χ4v) is 1.85. The van der Waals surface area contributed by atoms with Gasteiger partial charge in [0.05, 0.1) is 17.2 Å². The van der Waals surface area contributed by atoms with Gasteiger partial charge in [-0.3, -0.25) is 0 Å². The summed E-state index contributed by atoms with van der Waals surface area (Å²) in [5.41, 5.74) is 6.16. The van der Waals surface area contributed by atoms with Gasteiger partial charge in [-0.25, -0.2) is 9.37 Å². The number of methoxy groups -OCH3 is 1. The van der Waals surface area contributed by atoms with Crippen molar-refractivity contribution in [3.05, 3.63) is 40.1 Å². The van der Waals surface area contributed by atoms with Gasteiger partial charge < -0.3 is 15.8 Å². The zero-order valence-corrected chi connectivity index (χ0v) is 11.4. The molecule has 0 radical (unpaired) electrons. The van der Waals surface area contributed by atoms with Gasteiger partial charge >= 0.3 is 0 Å². The fraction of sp³-hybridized carbons (Fsp3) is 0.0833. The lowest BCUT2D eigenvalue weighted by Crippen LogP contribution is -1.99. The minimum absolute atomic E-state index is 0.114. The molecular formula is C12H10Cl2FN3O. The average Bonchev–Trinajstić information content (AvgIpc) is 2.38. The summed E-state index contributed by atoms with van der Waals surface area (Å²) in [6, 6.07) is 5.77. The molecule has 0 amide bonds. The van der Waals surface area contributed by atoms with Crippen LogP contribution in [0.15, 0.2) is 24.3 Å². The highest BCUT2D eigenvalue weighted by molar-refractivity contribution is 6.37. The molecule has 0 saturated carbocycles. The Morgan fingerprint density at radius 3 is 2.68 bits per heavy atom. The molecule has 2 aromatic rings. The number of hydrogen-bond acceptors (Lipinski definition) is 4. The standard InChI is InChI=1S/C12H10Cl2FN3O/c1-19-10-4-6(2-3-9(10)15)17-12-8(14)5-7(13)11(16)18-12/h2-5H,1H3,(H3,16,17,18). The molecule has 4 nitrogen and oxygen atoms in total. The van der Waals surface area contributed by atoms with E-state index in [1.54, 1.807) is 0 Å². The molecule has 1 aromatic carbocycles. The van der Waals surface area contributed by atoms with Gasteiger partial charge in [-0.15, -0.1) is 0 Å². The van der Waals surface area contributed by atoms with Crippen LogP contribution in [0.2, 0.25) is 10.0 Å². The van der Waals surface area contributed by atoms with Crippen LogP contribution in [-0.2, 0) is 0 Å². The first kappa shape index (κ1) is 13.7. The predicted molar refractivity (Wildman–Crippen MR) is 74.9 cm³/mol. The van der Waals surface area contributed by atoms with Gasteiger partial charge in [-0.2, -0.15) is 0 Å². The Labute approximate surface area is 119 Å². The zero-order valence-electron chi connectivity index (χ0n) is 9.88. The van der Waals surface area contributed by atoms with Crippen molar-refractivity contribution in [2.24, 2.45) is 0 Å². The number of pyridine rings is 1. The van der Waals surface area contributed by atoms with Crippen molar-refractivity contribution in [2.75, 3.05) is 18.2 Å². The zero-order chi connectivity index (χ0) is 14.0. The van der Waals surface area contributed by atoms with E-state index in [0.29, 0.717) is 16.5 Å². The summed E-state index contributed by atoms with van der Waals surface area (Å²) < 4.78 is 18.2. The van der Waals surface area contributed by atoms with Crippen LogP contribution in [0, 0.1) is 5.82 Å². The Balaban J connectivity index is 2.33. The third-order valence-corrected chi connectivity index (χ3v) is 2.96. The van der Waals surface area contributed by atoms with Crippen LogP contribution in [-0.4, -0.2) is 12.1 Å². The van der Waals surface area contributed by atoms with E-state index in [1.807, 2.05) is 0 Å². The number of hydrogen-bond donors (Lipinski definition) is 2. The Morgan fingerprint density at radius 1 is 1.26 bits per heavy atom. The third-order valence-electron chi connectivity index (χ3n) is 2.37. The number of nitrogens with two attached hydrogens (primary N) is 1. The van der Waals surface area contributed by atoms with Gasteiger partial charge in [-0.1, -0.05) is 23.2 Å². The van der Waals surface area contributed by atoms with E-state index in [-0.39, 0.29) is 16.6 Å². The van der Waals surface area contributed by atoms with E-state index < -0.39 is 5.82 Å². The van der Waals surface area contributed by atoms with Crippen LogP contribution >= 0.6 is 23.2 Å². The average molecular weight is 302 g/mol. The monoisotopic (exact) mass is 301 g/mol. The third kappa shape index (κ3) is 3.00. The molecule has 3 N–H and O–H groups in total. The lowest BCUT2D eigenvalue weighted by atomic mass is 10.3.